The largest absolute Gasteiger partial charge is 0.322 e. The molecule has 26 heavy (non-hydrogen) atoms. The molecule has 5 nitrogen and oxygen atoms in total. The molecule has 3 rings (SSSR count). The standard InChI is InChI=1S/C18H18Cl2N2O3S/c1-12-4-5-13(8-17(12)26(24,25)22-6-2-3-7-22)18(23)21-16-10-14(19)9-15(20)11-16/h4-5,8-11H,2-3,6-7H2,1H3,(H,21,23). The van der Waals surface area contributed by atoms with Crippen LogP contribution in [0.15, 0.2) is 41.3 Å². The lowest BCUT2D eigenvalue weighted by atomic mass is 10.1. The molecule has 2 aromatic rings. The SMILES string of the molecule is Cc1ccc(C(=O)Nc2cc(Cl)cc(Cl)c2)cc1S(=O)(=O)N1CCCC1. The van der Waals surface area contributed by atoms with Crippen molar-refractivity contribution < 1.29 is 13.2 Å². The number of nitrogens with one attached hydrogen (secondary N) is 1. The van der Waals surface area contributed by atoms with Crippen molar-refractivity contribution in [1.29, 1.82) is 0 Å². The quantitative estimate of drug-likeness (QED) is 0.811. The Labute approximate surface area is 163 Å². The maximum Gasteiger partial charge on any atom is 0.255 e. The molecule has 0 bridgehead atoms. The van der Waals surface area contributed by atoms with Crippen LogP contribution >= 0.6 is 23.2 Å². The van der Waals surface area contributed by atoms with Crippen LogP contribution in [-0.4, -0.2) is 31.7 Å². The zero-order valence-electron chi connectivity index (χ0n) is 14.1. The molecule has 1 saturated heterocycles. The van der Waals surface area contributed by atoms with Crippen molar-refractivity contribution in [2.45, 2.75) is 24.7 Å². The van der Waals surface area contributed by atoms with Crippen LogP contribution in [0.1, 0.15) is 28.8 Å². The molecule has 2 aromatic carbocycles. The minimum Gasteiger partial charge on any atom is -0.322 e. The molecule has 1 fully saturated rings. The Hall–Kier alpha value is -1.60. The predicted octanol–water partition coefficient (Wildman–Crippen LogP) is 4.34. The van der Waals surface area contributed by atoms with Gasteiger partial charge in [-0.1, -0.05) is 29.3 Å². The molecule has 1 heterocycles. The van der Waals surface area contributed by atoms with E-state index >= 15 is 0 Å². The normalized spacial score (nSPS) is 15.2. The smallest absolute Gasteiger partial charge is 0.255 e. The van der Waals surface area contributed by atoms with Crippen molar-refractivity contribution in [1.82, 2.24) is 4.31 Å². The van der Waals surface area contributed by atoms with Crippen molar-refractivity contribution in [2.24, 2.45) is 0 Å². The molecule has 1 amide bonds. The first-order valence-electron chi connectivity index (χ1n) is 8.15. The van der Waals surface area contributed by atoms with E-state index in [1.54, 1.807) is 37.3 Å². The number of carbonyl (C=O) groups excluding carboxylic acids is 1. The van der Waals surface area contributed by atoms with E-state index in [4.69, 9.17) is 23.2 Å². The Bertz CT molecular complexity index is 935. The Morgan fingerprint density at radius 1 is 1.04 bits per heavy atom. The summed E-state index contributed by atoms with van der Waals surface area (Å²) in [6.07, 6.45) is 1.71. The van der Waals surface area contributed by atoms with Crippen LogP contribution in [0, 0.1) is 6.92 Å². The minimum atomic E-state index is -3.60. The number of anilines is 1. The summed E-state index contributed by atoms with van der Waals surface area (Å²) in [5.74, 6) is -0.429. The molecule has 0 spiro atoms. The minimum absolute atomic E-state index is 0.163. The van der Waals surface area contributed by atoms with E-state index in [2.05, 4.69) is 5.32 Å². The van der Waals surface area contributed by atoms with Gasteiger partial charge in [0, 0.05) is 34.4 Å². The van der Waals surface area contributed by atoms with Gasteiger partial charge in [-0.15, -0.1) is 0 Å². The Balaban J connectivity index is 1.90. The summed E-state index contributed by atoms with van der Waals surface area (Å²) in [5, 5.41) is 3.49. The van der Waals surface area contributed by atoms with E-state index in [0.29, 0.717) is 34.4 Å². The Morgan fingerprint density at radius 2 is 1.65 bits per heavy atom. The maximum absolute atomic E-state index is 12.8. The molecule has 1 N–H and O–H groups in total. The number of sulfonamides is 1. The molecule has 8 heteroatoms. The predicted molar refractivity (Wildman–Crippen MR) is 104 cm³/mol. The van der Waals surface area contributed by atoms with Crippen LogP contribution in [0.5, 0.6) is 0 Å². The lowest BCUT2D eigenvalue weighted by Gasteiger charge is -2.18. The average molecular weight is 413 g/mol. The number of carbonyl (C=O) groups is 1. The van der Waals surface area contributed by atoms with Crippen LogP contribution in [0.3, 0.4) is 0 Å². The second kappa shape index (κ2) is 7.56. The van der Waals surface area contributed by atoms with Crippen molar-refractivity contribution in [3.05, 3.63) is 57.6 Å². The molecule has 0 atom stereocenters. The molecule has 1 aliphatic rings. The van der Waals surface area contributed by atoms with Crippen molar-refractivity contribution in [2.75, 3.05) is 18.4 Å². The number of halogens is 2. The first kappa shape index (κ1) is 19.2. The van der Waals surface area contributed by atoms with Gasteiger partial charge < -0.3 is 5.32 Å². The highest BCUT2D eigenvalue weighted by Gasteiger charge is 2.29. The second-order valence-electron chi connectivity index (χ2n) is 6.20. The number of hydrogen-bond donors (Lipinski definition) is 1. The van der Waals surface area contributed by atoms with Gasteiger partial charge in [0.15, 0.2) is 0 Å². The molecule has 1 aliphatic heterocycles. The second-order valence-corrected chi connectivity index (χ2v) is 8.98. The fourth-order valence-electron chi connectivity index (χ4n) is 2.92. The van der Waals surface area contributed by atoms with Gasteiger partial charge in [-0.3, -0.25) is 4.79 Å². The van der Waals surface area contributed by atoms with Crippen LogP contribution in [-0.2, 0) is 10.0 Å². The van der Waals surface area contributed by atoms with Crippen LogP contribution in [0.2, 0.25) is 10.0 Å². The summed E-state index contributed by atoms with van der Waals surface area (Å²) in [6, 6.07) is 9.36. The molecule has 138 valence electrons. The summed E-state index contributed by atoms with van der Waals surface area (Å²) >= 11 is 11.9. The van der Waals surface area contributed by atoms with Gasteiger partial charge in [-0.2, -0.15) is 4.31 Å². The van der Waals surface area contributed by atoms with Gasteiger partial charge in [-0.05, 0) is 55.7 Å². The van der Waals surface area contributed by atoms with E-state index in [1.165, 1.54) is 10.4 Å². The molecular weight excluding hydrogens is 395 g/mol. The molecule has 0 aliphatic carbocycles. The highest BCUT2D eigenvalue weighted by molar-refractivity contribution is 7.89. The van der Waals surface area contributed by atoms with Gasteiger partial charge in [0.25, 0.3) is 5.91 Å². The Morgan fingerprint density at radius 3 is 2.27 bits per heavy atom. The van der Waals surface area contributed by atoms with Gasteiger partial charge >= 0.3 is 0 Å². The lowest BCUT2D eigenvalue weighted by Crippen LogP contribution is -2.28. The van der Waals surface area contributed by atoms with Gasteiger partial charge in [-0.25, -0.2) is 8.42 Å². The summed E-state index contributed by atoms with van der Waals surface area (Å²) in [7, 11) is -3.60. The molecule has 0 aromatic heterocycles. The molecule has 0 unspecified atom stereocenters. The highest BCUT2D eigenvalue weighted by atomic mass is 35.5. The third-order valence-corrected chi connectivity index (χ3v) is 6.73. The Kier molecular flexibility index (Phi) is 5.58. The van der Waals surface area contributed by atoms with Crippen molar-refractivity contribution in [3.8, 4) is 0 Å². The van der Waals surface area contributed by atoms with Crippen LogP contribution in [0.25, 0.3) is 0 Å². The van der Waals surface area contributed by atoms with E-state index in [9.17, 15) is 13.2 Å². The lowest BCUT2D eigenvalue weighted by molar-refractivity contribution is 0.102. The maximum atomic E-state index is 12.8. The number of rotatable bonds is 4. The topological polar surface area (TPSA) is 66.5 Å². The number of benzene rings is 2. The summed E-state index contributed by atoms with van der Waals surface area (Å²) in [5.41, 5.74) is 1.31. The van der Waals surface area contributed by atoms with Gasteiger partial charge in [0.05, 0.1) is 4.90 Å². The van der Waals surface area contributed by atoms with Crippen molar-refractivity contribution in [3.63, 3.8) is 0 Å². The van der Waals surface area contributed by atoms with E-state index in [0.717, 1.165) is 12.8 Å². The summed E-state index contributed by atoms with van der Waals surface area (Å²) in [6.45, 7) is 2.75. The van der Waals surface area contributed by atoms with Crippen molar-refractivity contribution >= 4 is 44.8 Å². The van der Waals surface area contributed by atoms with E-state index in [1.807, 2.05) is 0 Å². The number of nitrogens with zero attached hydrogens (tertiary/aromatic N) is 1. The molecule has 0 saturated carbocycles. The third kappa shape index (κ3) is 4.04. The number of amides is 1. The fraction of sp³-hybridized carbons (Fsp3) is 0.278. The van der Waals surface area contributed by atoms with Gasteiger partial charge in [0.2, 0.25) is 10.0 Å². The number of aryl methyl sites for hydroxylation is 1. The first-order valence-corrected chi connectivity index (χ1v) is 10.4. The highest BCUT2D eigenvalue weighted by Crippen LogP contribution is 2.26. The molecule has 0 radical (unpaired) electrons. The monoisotopic (exact) mass is 412 g/mol. The zero-order valence-corrected chi connectivity index (χ0v) is 16.5. The van der Waals surface area contributed by atoms with Gasteiger partial charge in [0.1, 0.15) is 0 Å². The van der Waals surface area contributed by atoms with Crippen LogP contribution in [0.4, 0.5) is 5.69 Å². The fourth-order valence-corrected chi connectivity index (χ4v) is 5.21. The average Bonchev–Trinajstić information content (AvgIpc) is 3.09. The third-order valence-electron chi connectivity index (χ3n) is 4.25. The first-order chi connectivity index (χ1) is 12.3. The summed E-state index contributed by atoms with van der Waals surface area (Å²) < 4.78 is 27.1. The van der Waals surface area contributed by atoms with Crippen LogP contribution < -0.4 is 5.32 Å². The zero-order chi connectivity index (χ0) is 18.9. The number of hydrogen-bond acceptors (Lipinski definition) is 3. The summed E-state index contributed by atoms with van der Waals surface area (Å²) in [4.78, 5) is 12.7. The molecular formula is C18H18Cl2N2O3S. The van der Waals surface area contributed by atoms with E-state index < -0.39 is 15.9 Å². The van der Waals surface area contributed by atoms with E-state index in [-0.39, 0.29) is 10.5 Å².